The number of aromatic nitrogens is 3. The van der Waals surface area contributed by atoms with Crippen LogP contribution in [0.25, 0.3) is 0 Å². The lowest BCUT2D eigenvalue weighted by atomic mass is 9.90. The summed E-state index contributed by atoms with van der Waals surface area (Å²) >= 11 is 0. The summed E-state index contributed by atoms with van der Waals surface area (Å²) in [6.45, 7) is 6.18. The Kier molecular flexibility index (Phi) is 2.86. The largest absolute Gasteiger partial charge is 0.333 e. The minimum atomic E-state index is -0.289. The van der Waals surface area contributed by atoms with Gasteiger partial charge < -0.3 is 9.47 Å². The lowest BCUT2D eigenvalue weighted by molar-refractivity contribution is -0.135. The van der Waals surface area contributed by atoms with Crippen LogP contribution in [0.3, 0.4) is 0 Å². The Bertz CT molecular complexity index is 745. The number of carbonyl (C=O) groups is 1. The van der Waals surface area contributed by atoms with E-state index in [0.29, 0.717) is 6.54 Å². The van der Waals surface area contributed by atoms with Gasteiger partial charge in [-0.05, 0) is 37.8 Å². The van der Waals surface area contributed by atoms with Crippen molar-refractivity contribution in [2.45, 2.75) is 45.2 Å². The van der Waals surface area contributed by atoms with Gasteiger partial charge in [-0.1, -0.05) is 24.3 Å². The number of rotatable bonds is 2. The molecular formula is C17H20N4O. The first-order chi connectivity index (χ1) is 10.6. The molecular weight excluding hydrogens is 276 g/mol. The number of fused-ring (bicyclic) bond motifs is 1. The van der Waals surface area contributed by atoms with Gasteiger partial charge in [0.1, 0.15) is 5.82 Å². The molecule has 0 bridgehead atoms. The topological polar surface area (TPSA) is 51.0 Å². The first-order valence-electron chi connectivity index (χ1n) is 7.86. The van der Waals surface area contributed by atoms with Crippen LogP contribution < -0.4 is 0 Å². The van der Waals surface area contributed by atoms with Crippen molar-refractivity contribution in [2.24, 2.45) is 0 Å². The molecule has 1 aliphatic carbocycles. The van der Waals surface area contributed by atoms with Gasteiger partial charge in [-0.15, -0.1) is 10.2 Å². The Morgan fingerprint density at radius 1 is 1.14 bits per heavy atom. The maximum atomic E-state index is 13.1. The number of hydrogen-bond donors (Lipinski definition) is 0. The zero-order chi connectivity index (χ0) is 15.3. The molecule has 0 saturated heterocycles. The van der Waals surface area contributed by atoms with Gasteiger partial charge in [-0.3, -0.25) is 4.79 Å². The molecule has 1 aromatic heterocycles. The minimum Gasteiger partial charge on any atom is -0.333 e. The second-order valence-electron chi connectivity index (χ2n) is 6.44. The van der Waals surface area contributed by atoms with Crippen LogP contribution in [-0.4, -0.2) is 32.1 Å². The lowest BCUT2D eigenvalue weighted by Gasteiger charge is -2.31. The third-order valence-corrected chi connectivity index (χ3v) is 5.05. The summed E-state index contributed by atoms with van der Waals surface area (Å²) in [5, 5.41) is 8.32. The Hall–Kier alpha value is -2.17. The fourth-order valence-corrected chi connectivity index (χ4v) is 3.61. The van der Waals surface area contributed by atoms with E-state index in [1.54, 1.807) is 0 Å². The number of aryl methyl sites for hydroxylation is 2. The summed E-state index contributed by atoms with van der Waals surface area (Å²) < 4.78 is 2.11. The molecule has 0 unspecified atom stereocenters. The number of carbonyl (C=O) groups excluding carboxylic acids is 1. The zero-order valence-corrected chi connectivity index (χ0v) is 13.0. The van der Waals surface area contributed by atoms with E-state index < -0.39 is 0 Å². The average molecular weight is 296 g/mol. The second-order valence-corrected chi connectivity index (χ2v) is 6.44. The van der Waals surface area contributed by atoms with Crippen LogP contribution in [0.4, 0.5) is 0 Å². The highest BCUT2D eigenvalue weighted by Gasteiger charge is 2.53. The van der Waals surface area contributed by atoms with Crippen LogP contribution in [-0.2, 0) is 23.3 Å². The van der Waals surface area contributed by atoms with Crippen molar-refractivity contribution in [3.8, 4) is 0 Å². The Morgan fingerprint density at radius 3 is 2.64 bits per heavy atom. The summed E-state index contributed by atoms with van der Waals surface area (Å²) in [5.74, 6) is 2.09. The van der Waals surface area contributed by atoms with Crippen molar-refractivity contribution in [1.29, 1.82) is 0 Å². The van der Waals surface area contributed by atoms with Gasteiger partial charge in [0.05, 0.1) is 12.0 Å². The predicted molar refractivity (Wildman–Crippen MR) is 82.3 cm³/mol. The third kappa shape index (κ3) is 1.88. The minimum absolute atomic E-state index is 0.258. The zero-order valence-electron chi connectivity index (χ0n) is 13.0. The summed E-state index contributed by atoms with van der Waals surface area (Å²) in [6.07, 6.45) is 1.91. The molecule has 2 aliphatic rings. The molecule has 2 heterocycles. The highest BCUT2D eigenvalue weighted by Crippen LogP contribution is 2.50. The highest BCUT2D eigenvalue weighted by molar-refractivity contribution is 5.91. The molecule has 5 heteroatoms. The summed E-state index contributed by atoms with van der Waals surface area (Å²) in [5.41, 5.74) is 2.12. The van der Waals surface area contributed by atoms with E-state index in [4.69, 9.17) is 0 Å². The summed E-state index contributed by atoms with van der Waals surface area (Å²) in [6, 6.07) is 8.27. The third-order valence-electron chi connectivity index (χ3n) is 5.05. The van der Waals surface area contributed by atoms with Gasteiger partial charge >= 0.3 is 0 Å². The van der Waals surface area contributed by atoms with Crippen LogP contribution in [0.15, 0.2) is 24.3 Å². The van der Waals surface area contributed by atoms with Crippen LogP contribution in [0.1, 0.15) is 35.6 Å². The van der Waals surface area contributed by atoms with Crippen molar-refractivity contribution in [2.75, 3.05) is 6.54 Å². The molecule has 5 nitrogen and oxygen atoms in total. The van der Waals surface area contributed by atoms with E-state index in [-0.39, 0.29) is 11.3 Å². The van der Waals surface area contributed by atoms with Gasteiger partial charge in [-0.2, -0.15) is 0 Å². The maximum Gasteiger partial charge on any atom is 0.233 e. The van der Waals surface area contributed by atoms with Gasteiger partial charge in [0, 0.05) is 13.1 Å². The molecule has 0 radical (unpaired) electrons. The fourth-order valence-electron chi connectivity index (χ4n) is 3.61. The SMILES string of the molecule is Cc1ccccc1C1(C(=O)N2CCn3c(C)nnc3C2)CC1. The summed E-state index contributed by atoms with van der Waals surface area (Å²) in [4.78, 5) is 15.1. The molecule has 1 aliphatic heterocycles. The van der Waals surface area contributed by atoms with Gasteiger partial charge in [0.15, 0.2) is 5.82 Å². The van der Waals surface area contributed by atoms with E-state index in [1.807, 2.05) is 24.0 Å². The van der Waals surface area contributed by atoms with Gasteiger partial charge in [0.2, 0.25) is 5.91 Å². The molecule has 1 saturated carbocycles. The average Bonchev–Trinajstić information content (AvgIpc) is 3.26. The number of hydrogen-bond acceptors (Lipinski definition) is 3. The normalized spacial score (nSPS) is 18.9. The lowest BCUT2D eigenvalue weighted by Crippen LogP contribution is -2.44. The molecule has 0 atom stereocenters. The molecule has 0 N–H and O–H groups in total. The number of nitrogens with zero attached hydrogens (tertiary/aromatic N) is 4. The molecule has 0 spiro atoms. The Morgan fingerprint density at radius 2 is 1.91 bits per heavy atom. The fraction of sp³-hybridized carbons (Fsp3) is 0.471. The smallest absolute Gasteiger partial charge is 0.233 e. The van der Waals surface area contributed by atoms with E-state index in [0.717, 1.165) is 37.6 Å². The van der Waals surface area contributed by atoms with Crippen molar-refractivity contribution in [3.05, 3.63) is 47.0 Å². The number of amides is 1. The summed E-state index contributed by atoms with van der Waals surface area (Å²) in [7, 11) is 0. The molecule has 2 aromatic rings. The number of benzene rings is 1. The molecule has 1 fully saturated rings. The van der Waals surface area contributed by atoms with Crippen LogP contribution >= 0.6 is 0 Å². The maximum absolute atomic E-state index is 13.1. The molecule has 1 amide bonds. The monoisotopic (exact) mass is 296 g/mol. The van der Waals surface area contributed by atoms with Gasteiger partial charge in [0.25, 0.3) is 0 Å². The first-order valence-corrected chi connectivity index (χ1v) is 7.86. The molecule has 22 heavy (non-hydrogen) atoms. The quantitative estimate of drug-likeness (QED) is 0.851. The van der Waals surface area contributed by atoms with Crippen LogP contribution in [0, 0.1) is 13.8 Å². The van der Waals surface area contributed by atoms with Crippen molar-refractivity contribution in [3.63, 3.8) is 0 Å². The molecule has 1 aromatic carbocycles. The van der Waals surface area contributed by atoms with Crippen LogP contribution in [0.2, 0.25) is 0 Å². The molecule has 4 rings (SSSR count). The van der Waals surface area contributed by atoms with Crippen molar-refractivity contribution in [1.82, 2.24) is 19.7 Å². The van der Waals surface area contributed by atoms with Crippen molar-refractivity contribution >= 4 is 5.91 Å². The standard InChI is InChI=1S/C17H20N4O/c1-12-5-3-4-6-14(12)17(7-8-17)16(22)20-9-10-21-13(2)18-19-15(21)11-20/h3-6H,7-11H2,1-2H3. The first kappa shape index (κ1) is 13.5. The highest BCUT2D eigenvalue weighted by atomic mass is 16.2. The van der Waals surface area contributed by atoms with E-state index >= 15 is 0 Å². The Balaban J connectivity index is 1.62. The molecule has 114 valence electrons. The Labute approximate surface area is 130 Å². The van der Waals surface area contributed by atoms with Gasteiger partial charge in [-0.25, -0.2) is 0 Å². The predicted octanol–water partition coefficient (Wildman–Crippen LogP) is 1.97. The van der Waals surface area contributed by atoms with E-state index in [1.165, 1.54) is 11.1 Å². The van der Waals surface area contributed by atoms with Crippen molar-refractivity contribution < 1.29 is 4.79 Å². The van der Waals surface area contributed by atoms with Crippen LogP contribution in [0.5, 0.6) is 0 Å². The van der Waals surface area contributed by atoms with E-state index in [2.05, 4.69) is 33.8 Å². The second kappa shape index (κ2) is 4.66. The van der Waals surface area contributed by atoms with E-state index in [9.17, 15) is 4.79 Å².